The van der Waals surface area contributed by atoms with Crippen molar-refractivity contribution >= 4 is 10.0 Å². The van der Waals surface area contributed by atoms with Gasteiger partial charge in [-0.15, -0.1) is 0 Å². The smallest absolute Gasteiger partial charge is 0.246 e. The molecule has 0 bridgehead atoms. The van der Waals surface area contributed by atoms with Crippen LogP contribution in [-0.2, 0) is 33.3 Å². The molecule has 4 heterocycles. The summed E-state index contributed by atoms with van der Waals surface area (Å²) in [6.45, 7) is 9.81. The summed E-state index contributed by atoms with van der Waals surface area (Å²) in [5, 5.41) is 4.23. The van der Waals surface area contributed by atoms with Crippen LogP contribution in [0.15, 0.2) is 17.3 Å². The molecule has 8 nitrogen and oxygen atoms in total. The lowest BCUT2D eigenvalue weighted by molar-refractivity contribution is -0.0936. The average Bonchev–Trinajstić information content (AvgIpc) is 3.09. The third kappa shape index (κ3) is 3.39. The summed E-state index contributed by atoms with van der Waals surface area (Å²) < 4.78 is 36.4. The molecular weight excluding hydrogens is 390 g/mol. The zero-order valence-corrected chi connectivity index (χ0v) is 18.4. The predicted octanol–water partition coefficient (Wildman–Crippen LogP) is 2.38. The average molecular weight is 420 g/mol. The van der Waals surface area contributed by atoms with Crippen LogP contribution in [0.25, 0.3) is 0 Å². The highest BCUT2D eigenvalue weighted by Crippen LogP contribution is 2.41. The molecule has 2 aliphatic heterocycles. The molecule has 0 aromatic carbocycles. The molecule has 0 amide bonds. The number of nitrogens with zero attached hydrogens (tertiary/aromatic N) is 5. The highest BCUT2D eigenvalue weighted by atomic mass is 32.2. The van der Waals surface area contributed by atoms with Crippen molar-refractivity contribution in [1.82, 2.24) is 24.1 Å². The number of fused-ring (bicyclic) bond motifs is 2. The SMILES string of the molecule is CCn1ncc(S(=O)(=O)N2CCCC3(C2)OCCc2cnc(C(C)C)nc23)c1C. The van der Waals surface area contributed by atoms with Gasteiger partial charge in [0.15, 0.2) is 0 Å². The van der Waals surface area contributed by atoms with Crippen molar-refractivity contribution in [3.8, 4) is 0 Å². The Labute approximate surface area is 172 Å². The van der Waals surface area contributed by atoms with Gasteiger partial charge in [-0.3, -0.25) is 4.68 Å². The van der Waals surface area contributed by atoms with Crippen molar-refractivity contribution in [1.29, 1.82) is 0 Å². The van der Waals surface area contributed by atoms with Gasteiger partial charge in [0.1, 0.15) is 16.3 Å². The van der Waals surface area contributed by atoms with Crippen LogP contribution < -0.4 is 0 Å². The zero-order valence-electron chi connectivity index (χ0n) is 17.6. The standard InChI is InChI=1S/C20H29N5O3S/c1-5-25-15(4)17(12-22-25)29(26,27)24-9-6-8-20(13-24)18-16(7-10-28-20)11-21-19(23-18)14(2)3/h11-12,14H,5-10,13H2,1-4H3. The summed E-state index contributed by atoms with van der Waals surface area (Å²) in [7, 11) is -3.66. The summed E-state index contributed by atoms with van der Waals surface area (Å²) in [5.41, 5.74) is 1.89. The van der Waals surface area contributed by atoms with Crippen LogP contribution in [-0.4, -0.2) is 52.2 Å². The van der Waals surface area contributed by atoms with E-state index in [1.165, 1.54) is 6.20 Å². The van der Waals surface area contributed by atoms with Gasteiger partial charge < -0.3 is 4.74 Å². The second kappa shape index (κ2) is 7.45. The second-order valence-corrected chi connectivity index (χ2v) is 10.1. The minimum Gasteiger partial charge on any atom is -0.367 e. The van der Waals surface area contributed by atoms with Gasteiger partial charge in [-0.1, -0.05) is 13.8 Å². The summed E-state index contributed by atoms with van der Waals surface area (Å²) in [6, 6.07) is 0. The molecule has 29 heavy (non-hydrogen) atoms. The molecule has 2 aromatic rings. The molecule has 0 saturated carbocycles. The van der Waals surface area contributed by atoms with Gasteiger partial charge in [0.05, 0.1) is 24.2 Å². The molecule has 2 aliphatic rings. The first-order chi connectivity index (χ1) is 13.8. The lowest BCUT2D eigenvalue weighted by Gasteiger charge is -2.44. The molecule has 2 aromatic heterocycles. The molecule has 1 spiro atoms. The molecule has 0 aliphatic carbocycles. The Bertz CT molecular complexity index is 1020. The first-order valence-electron chi connectivity index (χ1n) is 10.3. The van der Waals surface area contributed by atoms with E-state index in [-0.39, 0.29) is 17.4 Å². The highest BCUT2D eigenvalue weighted by molar-refractivity contribution is 7.89. The maximum atomic E-state index is 13.4. The van der Waals surface area contributed by atoms with Crippen molar-refractivity contribution in [2.24, 2.45) is 0 Å². The second-order valence-electron chi connectivity index (χ2n) is 8.20. The van der Waals surface area contributed by atoms with Gasteiger partial charge in [0.25, 0.3) is 0 Å². The van der Waals surface area contributed by atoms with E-state index in [1.807, 2.05) is 13.1 Å². The first kappa shape index (κ1) is 20.4. The largest absolute Gasteiger partial charge is 0.367 e. The number of sulfonamides is 1. The number of hydrogen-bond donors (Lipinski definition) is 0. The first-order valence-corrected chi connectivity index (χ1v) is 11.8. The summed E-state index contributed by atoms with van der Waals surface area (Å²) in [5.74, 6) is 0.971. The van der Waals surface area contributed by atoms with E-state index in [1.54, 1.807) is 15.9 Å². The third-order valence-corrected chi connectivity index (χ3v) is 7.92. The van der Waals surface area contributed by atoms with E-state index in [4.69, 9.17) is 9.72 Å². The number of aryl methyl sites for hydroxylation is 1. The summed E-state index contributed by atoms with van der Waals surface area (Å²) in [4.78, 5) is 9.61. The molecule has 0 N–H and O–H groups in total. The molecule has 1 atom stereocenters. The van der Waals surface area contributed by atoms with E-state index in [9.17, 15) is 8.42 Å². The zero-order chi connectivity index (χ0) is 20.8. The van der Waals surface area contributed by atoms with E-state index in [0.717, 1.165) is 36.3 Å². The number of rotatable bonds is 4. The fraction of sp³-hybridized carbons (Fsp3) is 0.650. The highest BCUT2D eigenvalue weighted by Gasteiger charge is 2.46. The minimum absolute atomic E-state index is 0.199. The maximum Gasteiger partial charge on any atom is 0.246 e. The number of aromatic nitrogens is 4. The molecular formula is C20H29N5O3S. The Morgan fingerprint density at radius 1 is 1.31 bits per heavy atom. The monoisotopic (exact) mass is 419 g/mol. The fourth-order valence-electron chi connectivity index (χ4n) is 4.34. The summed E-state index contributed by atoms with van der Waals surface area (Å²) in [6.07, 6.45) is 5.59. The Kier molecular flexibility index (Phi) is 5.25. The Balaban J connectivity index is 1.72. The van der Waals surface area contributed by atoms with Crippen LogP contribution in [0.3, 0.4) is 0 Å². The maximum absolute atomic E-state index is 13.4. The lowest BCUT2D eigenvalue weighted by atomic mass is 9.85. The number of hydrogen-bond acceptors (Lipinski definition) is 6. The van der Waals surface area contributed by atoms with E-state index >= 15 is 0 Å². The van der Waals surface area contributed by atoms with Crippen molar-refractivity contribution in [2.45, 2.75) is 69.9 Å². The topological polar surface area (TPSA) is 90.2 Å². The van der Waals surface area contributed by atoms with Gasteiger partial charge in [0, 0.05) is 31.7 Å². The minimum atomic E-state index is -3.66. The van der Waals surface area contributed by atoms with Gasteiger partial charge in [-0.2, -0.15) is 9.40 Å². The predicted molar refractivity (Wildman–Crippen MR) is 108 cm³/mol. The number of piperidine rings is 1. The molecule has 4 rings (SSSR count). The van der Waals surface area contributed by atoms with Crippen molar-refractivity contribution in [2.75, 3.05) is 19.7 Å². The van der Waals surface area contributed by atoms with Crippen LogP contribution in [0.1, 0.15) is 62.3 Å². The number of ether oxygens (including phenoxy) is 1. The Hall–Kier alpha value is -1.84. The van der Waals surface area contributed by atoms with Gasteiger partial charge in [-0.25, -0.2) is 18.4 Å². The van der Waals surface area contributed by atoms with Gasteiger partial charge in [0.2, 0.25) is 10.0 Å². The lowest BCUT2D eigenvalue weighted by Crippen LogP contribution is -2.52. The Morgan fingerprint density at radius 2 is 2.10 bits per heavy atom. The third-order valence-electron chi connectivity index (χ3n) is 5.98. The van der Waals surface area contributed by atoms with E-state index in [2.05, 4.69) is 23.9 Å². The van der Waals surface area contributed by atoms with Crippen molar-refractivity contribution in [3.05, 3.63) is 35.2 Å². The molecule has 1 fully saturated rings. The normalized spacial score (nSPS) is 22.9. The van der Waals surface area contributed by atoms with Crippen LogP contribution in [0.5, 0.6) is 0 Å². The molecule has 158 valence electrons. The van der Waals surface area contributed by atoms with Crippen LogP contribution in [0.2, 0.25) is 0 Å². The van der Waals surface area contributed by atoms with Gasteiger partial charge >= 0.3 is 0 Å². The van der Waals surface area contributed by atoms with Crippen molar-refractivity contribution < 1.29 is 13.2 Å². The molecule has 0 radical (unpaired) electrons. The van der Waals surface area contributed by atoms with Crippen LogP contribution in [0, 0.1) is 6.92 Å². The molecule has 9 heteroatoms. The fourth-order valence-corrected chi connectivity index (χ4v) is 6.03. The summed E-state index contributed by atoms with van der Waals surface area (Å²) >= 11 is 0. The van der Waals surface area contributed by atoms with Crippen LogP contribution >= 0.6 is 0 Å². The van der Waals surface area contributed by atoms with E-state index in [0.29, 0.717) is 25.4 Å². The van der Waals surface area contributed by atoms with Gasteiger partial charge in [-0.05, 0) is 38.7 Å². The van der Waals surface area contributed by atoms with E-state index < -0.39 is 15.6 Å². The van der Waals surface area contributed by atoms with Crippen molar-refractivity contribution in [3.63, 3.8) is 0 Å². The quantitative estimate of drug-likeness (QED) is 0.756. The van der Waals surface area contributed by atoms with Crippen LogP contribution in [0.4, 0.5) is 0 Å². The molecule has 1 saturated heterocycles. The Morgan fingerprint density at radius 3 is 2.79 bits per heavy atom. The molecule has 1 unspecified atom stereocenters.